The first kappa shape index (κ1) is 17.7. The third-order valence-corrected chi connectivity index (χ3v) is 3.76. The van der Waals surface area contributed by atoms with E-state index in [-0.39, 0.29) is 19.0 Å². The molecule has 8 nitrogen and oxygen atoms in total. The minimum absolute atomic E-state index is 0.125. The largest absolute Gasteiger partial charge is 0.444 e. The van der Waals surface area contributed by atoms with Crippen molar-refractivity contribution in [2.75, 3.05) is 25.4 Å². The number of carbonyl (C=O) groups is 1. The Morgan fingerprint density at radius 3 is 3.15 bits per heavy atom. The molecule has 1 aromatic heterocycles. The first-order valence-corrected chi connectivity index (χ1v) is 8.00. The van der Waals surface area contributed by atoms with E-state index in [4.69, 9.17) is 15.2 Å². The summed E-state index contributed by atoms with van der Waals surface area (Å²) in [5.41, 5.74) is 6.45. The van der Waals surface area contributed by atoms with E-state index >= 15 is 0 Å². The van der Waals surface area contributed by atoms with Crippen molar-refractivity contribution in [3.8, 4) is 0 Å². The van der Waals surface area contributed by atoms with E-state index in [1.807, 2.05) is 0 Å². The molecule has 26 heavy (non-hydrogen) atoms. The minimum Gasteiger partial charge on any atom is -0.444 e. The summed E-state index contributed by atoms with van der Waals surface area (Å²) in [6.07, 6.45) is 3.42. The number of nitrogens with two attached hydrogens (primary N) is 1. The molecule has 0 bridgehead atoms. The molecular weight excluding hydrogens is 341 g/mol. The number of benzene rings is 1. The quantitative estimate of drug-likeness (QED) is 0.837. The molecule has 136 valence electrons. The summed E-state index contributed by atoms with van der Waals surface area (Å²) >= 11 is 0. The second-order valence-corrected chi connectivity index (χ2v) is 5.57. The molecule has 0 spiro atoms. The zero-order valence-electron chi connectivity index (χ0n) is 13.9. The van der Waals surface area contributed by atoms with Gasteiger partial charge in [-0.3, -0.25) is 4.99 Å². The molecule has 1 amide bonds. The lowest BCUT2D eigenvalue weighted by Gasteiger charge is -2.30. The molecule has 0 saturated carbocycles. The number of nitrogen functional groups attached to an aromatic ring is 1. The number of halogens is 1. The highest BCUT2D eigenvalue weighted by molar-refractivity contribution is 5.73. The van der Waals surface area contributed by atoms with Gasteiger partial charge in [-0.2, -0.15) is 0 Å². The molecule has 2 aromatic rings. The number of hydrogen-bond acceptors (Lipinski definition) is 7. The SMILES string of the molecule is Nc1ncncc1/N=C/[C@@H]1CN(C(=O)OCc2ccccc2F)CCO1. The van der Waals surface area contributed by atoms with Gasteiger partial charge in [0.05, 0.1) is 19.3 Å². The van der Waals surface area contributed by atoms with Gasteiger partial charge in [-0.05, 0) is 6.07 Å². The van der Waals surface area contributed by atoms with Gasteiger partial charge in [0.1, 0.15) is 30.5 Å². The first-order chi connectivity index (χ1) is 12.6. The van der Waals surface area contributed by atoms with Crippen LogP contribution >= 0.6 is 0 Å². The number of morpholine rings is 1. The van der Waals surface area contributed by atoms with Crippen LogP contribution in [0.2, 0.25) is 0 Å². The van der Waals surface area contributed by atoms with Crippen molar-refractivity contribution in [3.05, 3.63) is 48.2 Å². The second-order valence-electron chi connectivity index (χ2n) is 5.57. The van der Waals surface area contributed by atoms with E-state index in [0.717, 1.165) is 0 Å². The molecular formula is C17H18FN5O3. The first-order valence-electron chi connectivity index (χ1n) is 8.00. The van der Waals surface area contributed by atoms with Gasteiger partial charge in [0.2, 0.25) is 0 Å². The van der Waals surface area contributed by atoms with Gasteiger partial charge < -0.3 is 20.1 Å². The van der Waals surface area contributed by atoms with Crippen LogP contribution in [0.4, 0.5) is 20.7 Å². The standard InChI is InChI=1S/C17H18FN5O3/c18-14-4-2-1-3-12(14)10-26-17(24)23-5-6-25-13(9-23)7-21-15-8-20-11-22-16(15)19/h1-4,7-8,11,13H,5-6,9-10H2,(H2,19,20,22)/b21-7+/t13-/m1/s1. The lowest BCUT2D eigenvalue weighted by atomic mass is 10.2. The fourth-order valence-electron chi connectivity index (χ4n) is 2.37. The number of nitrogens with zero attached hydrogens (tertiary/aromatic N) is 4. The Balaban J connectivity index is 1.55. The van der Waals surface area contributed by atoms with Crippen LogP contribution in [-0.4, -0.2) is 53.0 Å². The Morgan fingerprint density at radius 2 is 2.35 bits per heavy atom. The van der Waals surface area contributed by atoms with E-state index in [2.05, 4.69) is 15.0 Å². The predicted molar refractivity (Wildman–Crippen MR) is 92.5 cm³/mol. The summed E-state index contributed by atoms with van der Waals surface area (Å²) in [6.45, 7) is 0.871. The lowest BCUT2D eigenvalue weighted by molar-refractivity contribution is 0.00313. The summed E-state index contributed by atoms with van der Waals surface area (Å²) in [6, 6.07) is 6.16. The topological polar surface area (TPSA) is 103 Å². The number of aliphatic imine (C=N–C) groups is 1. The Bertz CT molecular complexity index is 801. The molecule has 1 aliphatic rings. The van der Waals surface area contributed by atoms with Gasteiger partial charge in [-0.25, -0.2) is 19.2 Å². The van der Waals surface area contributed by atoms with Crippen molar-refractivity contribution in [3.63, 3.8) is 0 Å². The molecule has 0 unspecified atom stereocenters. The van der Waals surface area contributed by atoms with Gasteiger partial charge in [-0.15, -0.1) is 0 Å². The van der Waals surface area contributed by atoms with Gasteiger partial charge in [0.25, 0.3) is 0 Å². The fourth-order valence-corrected chi connectivity index (χ4v) is 2.37. The van der Waals surface area contributed by atoms with Crippen LogP contribution in [0.15, 0.2) is 41.8 Å². The van der Waals surface area contributed by atoms with E-state index in [1.165, 1.54) is 23.5 Å². The lowest BCUT2D eigenvalue weighted by Crippen LogP contribution is -2.46. The average molecular weight is 359 g/mol. The van der Waals surface area contributed by atoms with Crippen LogP contribution < -0.4 is 5.73 Å². The third kappa shape index (κ3) is 4.51. The highest BCUT2D eigenvalue weighted by Crippen LogP contribution is 2.16. The summed E-state index contributed by atoms with van der Waals surface area (Å²) in [5, 5.41) is 0. The van der Waals surface area contributed by atoms with Crippen molar-refractivity contribution in [2.24, 2.45) is 4.99 Å². The van der Waals surface area contributed by atoms with Crippen LogP contribution in [-0.2, 0) is 16.1 Å². The van der Waals surface area contributed by atoms with Crippen LogP contribution in [0.25, 0.3) is 0 Å². The van der Waals surface area contributed by atoms with Crippen molar-refractivity contribution in [2.45, 2.75) is 12.7 Å². The molecule has 0 radical (unpaired) electrons. The van der Waals surface area contributed by atoms with Crippen molar-refractivity contribution >= 4 is 23.8 Å². The predicted octanol–water partition coefficient (Wildman–Crippen LogP) is 1.94. The second kappa shape index (κ2) is 8.34. The minimum atomic E-state index is -0.530. The maximum atomic E-state index is 13.6. The molecule has 1 aromatic carbocycles. The van der Waals surface area contributed by atoms with Gasteiger partial charge >= 0.3 is 6.09 Å². The number of aromatic nitrogens is 2. The van der Waals surface area contributed by atoms with E-state index < -0.39 is 18.0 Å². The monoisotopic (exact) mass is 359 g/mol. The smallest absolute Gasteiger partial charge is 0.410 e. The summed E-state index contributed by atoms with van der Waals surface area (Å²) in [7, 11) is 0. The van der Waals surface area contributed by atoms with Gasteiger partial charge in [0, 0.05) is 18.3 Å². The summed E-state index contributed by atoms with van der Waals surface area (Å²) < 4.78 is 24.3. The number of anilines is 1. The number of hydrogen-bond donors (Lipinski definition) is 1. The third-order valence-electron chi connectivity index (χ3n) is 3.76. The Labute approximate surface area is 149 Å². The molecule has 1 fully saturated rings. The van der Waals surface area contributed by atoms with E-state index in [1.54, 1.807) is 24.4 Å². The number of carbonyl (C=O) groups excluding carboxylic acids is 1. The molecule has 2 N–H and O–H groups in total. The maximum Gasteiger partial charge on any atom is 0.410 e. The highest BCUT2D eigenvalue weighted by atomic mass is 19.1. The zero-order valence-corrected chi connectivity index (χ0v) is 13.9. The molecule has 1 atom stereocenters. The average Bonchev–Trinajstić information content (AvgIpc) is 2.67. The van der Waals surface area contributed by atoms with E-state index in [0.29, 0.717) is 24.4 Å². The van der Waals surface area contributed by atoms with Crippen LogP contribution in [0, 0.1) is 5.82 Å². The summed E-state index contributed by atoms with van der Waals surface area (Å²) in [4.78, 5) is 25.6. The zero-order chi connectivity index (χ0) is 18.4. The molecule has 9 heteroatoms. The number of ether oxygens (including phenoxy) is 2. The van der Waals surface area contributed by atoms with Crippen LogP contribution in [0.1, 0.15) is 5.56 Å². The van der Waals surface area contributed by atoms with Crippen molar-refractivity contribution in [1.82, 2.24) is 14.9 Å². The molecule has 2 heterocycles. The molecule has 1 saturated heterocycles. The maximum absolute atomic E-state index is 13.6. The van der Waals surface area contributed by atoms with Crippen LogP contribution in [0.5, 0.6) is 0 Å². The molecule has 0 aliphatic carbocycles. The van der Waals surface area contributed by atoms with Crippen molar-refractivity contribution < 1.29 is 18.7 Å². The Morgan fingerprint density at radius 1 is 1.50 bits per heavy atom. The normalized spacial score (nSPS) is 17.4. The van der Waals surface area contributed by atoms with Crippen LogP contribution in [0.3, 0.4) is 0 Å². The van der Waals surface area contributed by atoms with Crippen molar-refractivity contribution in [1.29, 1.82) is 0 Å². The summed E-state index contributed by atoms with van der Waals surface area (Å²) in [5.74, 6) is -0.150. The van der Waals surface area contributed by atoms with E-state index in [9.17, 15) is 9.18 Å². The number of rotatable bonds is 4. The number of amides is 1. The van der Waals surface area contributed by atoms with Gasteiger partial charge in [0.15, 0.2) is 5.82 Å². The molecule has 3 rings (SSSR count). The van der Waals surface area contributed by atoms with Gasteiger partial charge in [-0.1, -0.05) is 18.2 Å². The fraction of sp³-hybridized carbons (Fsp3) is 0.294. The Kier molecular flexibility index (Phi) is 5.69. The highest BCUT2D eigenvalue weighted by Gasteiger charge is 2.24. The Hall–Kier alpha value is -3.07. The molecule has 1 aliphatic heterocycles.